The molecule has 0 amide bonds. The second-order valence-corrected chi connectivity index (χ2v) is 1.88. The maximum Gasteiger partial charge on any atom is 0.505 e. The van der Waals surface area contributed by atoms with Gasteiger partial charge in [0.2, 0.25) is 0 Å². The zero-order valence-corrected chi connectivity index (χ0v) is 6.26. The Bertz CT molecular complexity index is 140. The van der Waals surface area contributed by atoms with E-state index in [1.165, 1.54) is 0 Å². The van der Waals surface area contributed by atoms with E-state index in [0.29, 0.717) is 12.8 Å². The van der Waals surface area contributed by atoms with E-state index >= 15 is 0 Å². The van der Waals surface area contributed by atoms with E-state index in [-0.39, 0.29) is 13.2 Å². The number of ether oxygens (including phenoxy) is 1. The summed E-state index contributed by atoms with van der Waals surface area (Å²) >= 11 is 0. The Morgan fingerprint density at radius 2 is 2.00 bits per heavy atom. The molecule has 70 valence electrons. The molecule has 0 bridgehead atoms. The van der Waals surface area contributed by atoms with Gasteiger partial charge < -0.3 is 14.7 Å². The summed E-state index contributed by atoms with van der Waals surface area (Å²) in [6.45, 7) is 0.00634. The molecular weight excluding hydrogens is 170 g/mol. The van der Waals surface area contributed by atoms with Crippen molar-refractivity contribution in [1.82, 2.24) is 0 Å². The van der Waals surface area contributed by atoms with Crippen molar-refractivity contribution in [2.75, 3.05) is 13.2 Å². The minimum atomic E-state index is -1.34. The summed E-state index contributed by atoms with van der Waals surface area (Å²) in [5, 5.41) is 16.7. The topological polar surface area (TPSA) is 98.9 Å². The maximum absolute atomic E-state index is 9.78. The van der Waals surface area contributed by atoms with Crippen LogP contribution in [0.25, 0.3) is 0 Å². The summed E-state index contributed by atoms with van der Waals surface area (Å²) in [6.07, 6.45) is -0.529. The van der Waals surface area contributed by atoms with Crippen molar-refractivity contribution >= 4 is 6.16 Å². The molecule has 0 radical (unpaired) electrons. The Kier molecular flexibility index (Phi) is 5.41. The van der Waals surface area contributed by atoms with Crippen LogP contribution in [0.3, 0.4) is 0 Å². The van der Waals surface area contributed by atoms with Crippen LogP contribution in [-0.2, 0) is 9.57 Å². The fraction of sp³-hybridized carbons (Fsp3) is 0.800. The molecule has 0 saturated carbocycles. The zero-order valence-electron chi connectivity index (χ0n) is 6.26. The first-order valence-electron chi connectivity index (χ1n) is 3.26. The van der Waals surface area contributed by atoms with Gasteiger partial charge in [-0.25, -0.2) is 4.79 Å². The molecule has 0 aromatic rings. The van der Waals surface area contributed by atoms with Gasteiger partial charge in [0.1, 0.15) is 0 Å². The Labute approximate surface area is 68.0 Å². The van der Waals surface area contributed by atoms with Gasteiger partial charge in [0.05, 0.1) is 13.2 Å². The van der Waals surface area contributed by atoms with Crippen LogP contribution in [0.4, 0.5) is 4.79 Å². The van der Waals surface area contributed by atoms with Gasteiger partial charge >= 0.3 is 6.16 Å². The summed E-state index contributed by atoms with van der Waals surface area (Å²) < 4.78 is 4.14. The van der Waals surface area contributed by atoms with Gasteiger partial charge in [-0.05, 0) is 12.8 Å². The number of hydrogen-bond donors (Lipinski definition) is 1. The highest BCUT2D eigenvalue weighted by atomic mass is 16.9. The Morgan fingerprint density at radius 3 is 2.50 bits per heavy atom. The molecule has 0 heterocycles. The molecule has 0 unspecified atom stereocenters. The molecule has 0 fully saturated rings. The monoisotopic (exact) mass is 179 g/mol. The van der Waals surface area contributed by atoms with Crippen LogP contribution in [0, 0.1) is 10.1 Å². The second kappa shape index (κ2) is 6.20. The van der Waals surface area contributed by atoms with Crippen LogP contribution in [0.1, 0.15) is 12.8 Å². The molecule has 0 spiro atoms. The van der Waals surface area contributed by atoms with E-state index in [1.807, 2.05) is 0 Å². The Balaban J connectivity index is 3.01. The number of carboxylic acid groups (broad SMARTS) is 1. The van der Waals surface area contributed by atoms with Gasteiger partial charge in [-0.2, -0.15) is 0 Å². The zero-order chi connectivity index (χ0) is 9.40. The minimum Gasteiger partial charge on any atom is -0.450 e. The van der Waals surface area contributed by atoms with E-state index in [2.05, 4.69) is 9.57 Å². The van der Waals surface area contributed by atoms with Crippen LogP contribution in [-0.4, -0.2) is 29.6 Å². The molecule has 0 atom stereocenters. The first-order chi connectivity index (χ1) is 5.63. The Hall–Kier alpha value is -1.53. The van der Waals surface area contributed by atoms with E-state index < -0.39 is 11.2 Å². The SMILES string of the molecule is O=C(O)OCCCCO[N+](=O)[O-]. The summed E-state index contributed by atoms with van der Waals surface area (Å²) in [7, 11) is 0. The molecule has 0 aliphatic heterocycles. The molecule has 0 aromatic carbocycles. The molecule has 12 heavy (non-hydrogen) atoms. The van der Waals surface area contributed by atoms with Crippen molar-refractivity contribution in [3.8, 4) is 0 Å². The van der Waals surface area contributed by atoms with Crippen molar-refractivity contribution in [2.24, 2.45) is 0 Å². The normalized spacial score (nSPS) is 9.00. The van der Waals surface area contributed by atoms with Gasteiger partial charge in [0.25, 0.3) is 5.09 Å². The third kappa shape index (κ3) is 8.47. The summed E-state index contributed by atoms with van der Waals surface area (Å²) in [5.41, 5.74) is 0. The van der Waals surface area contributed by atoms with Crippen molar-refractivity contribution in [3.05, 3.63) is 10.1 Å². The number of unbranched alkanes of at least 4 members (excludes halogenated alkanes) is 1. The first-order valence-corrected chi connectivity index (χ1v) is 3.26. The lowest BCUT2D eigenvalue weighted by Crippen LogP contribution is -2.05. The predicted octanol–water partition coefficient (Wildman–Crippen LogP) is 0.669. The molecule has 7 nitrogen and oxygen atoms in total. The van der Waals surface area contributed by atoms with Gasteiger partial charge in [0, 0.05) is 0 Å². The summed E-state index contributed by atoms with van der Waals surface area (Å²) in [4.78, 5) is 23.3. The van der Waals surface area contributed by atoms with Crippen LogP contribution in [0.15, 0.2) is 0 Å². The highest BCUT2D eigenvalue weighted by Gasteiger charge is 1.97. The minimum absolute atomic E-state index is 0.0318. The fourth-order valence-electron chi connectivity index (χ4n) is 0.503. The van der Waals surface area contributed by atoms with Crippen molar-refractivity contribution in [1.29, 1.82) is 0 Å². The number of hydrogen-bond acceptors (Lipinski definition) is 5. The number of rotatable bonds is 6. The third-order valence-electron chi connectivity index (χ3n) is 0.961. The van der Waals surface area contributed by atoms with E-state index in [0.717, 1.165) is 0 Å². The molecular formula is C5H9NO6. The largest absolute Gasteiger partial charge is 0.505 e. The first kappa shape index (κ1) is 10.5. The highest BCUT2D eigenvalue weighted by molar-refractivity contribution is 5.56. The van der Waals surface area contributed by atoms with Crippen LogP contribution in [0.5, 0.6) is 0 Å². The molecule has 0 aliphatic carbocycles. The quantitative estimate of drug-likeness (QED) is 0.278. The average Bonchev–Trinajstić information content (AvgIpc) is 1.95. The molecule has 0 saturated heterocycles. The van der Waals surface area contributed by atoms with E-state index in [9.17, 15) is 14.9 Å². The van der Waals surface area contributed by atoms with Gasteiger partial charge in [-0.15, -0.1) is 10.1 Å². The van der Waals surface area contributed by atoms with Gasteiger partial charge in [-0.3, -0.25) is 0 Å². The van der Waals surface area contributed by atoms with Crippen LogP contribution >= 0.6 is 0 Å². The van der Waals surface area contributed by atoms with Gasteiger partial charge in [0.15, 0.2) is 0 Å². The maximum atomic E-state index is 9.78. The van der Waals surface area contributed by atoms with Gasteiger partial charge in [-0.1, -0.05) is 0 Å². The Morgan fingerprint density at radius 1 is 1.42 bits per heavy atom. The number of carbonyl (C=O) groups is 1. The summed E-state index contributed by atoms with van der Waals surface area (Å²) in [5.74, 6) is 0. The molecule has 7 heteroatoms. The molecule has 0 aliphatic rings. The van der Waals surface area contributed by atoms with Crippen LogP contribution < -0.4 is 0 Å². The average molecular weight is 179 g/mol. The van der Waals surface area contributed by atoms with E-state index in [1.54, 1.807) is 0 Å². The lowest BCUT2D eigenvalue weighted by molar-refractivity contribution is -0.757. The highest BCUT2D eigenvalue weighted by Crippen LogP contribution is 1.91. The van der Waals surface area contributed by atoms with Crippen molar-refractivity contribution < 1.29 is 24.6 Å². The van der Waals surface area contributed by atoms with Crippen molar-refractivity contribution in [3.63, 3.8) is 0 Å². The van der Waals surface area contributed by atoms with Crippen molar-refractivity contribution in [2.45, 2.75) is 12.8 Å². The smallest absolute Gasteiger partial charge is 0.450 e. The predicted molar refractivity (Wildman–Crippen MR) is 36.2 cm³/mol. The lowest BCUT2D eigenvalue weighted by Gasteiger charge is -1.99. The van der Waals surface area contributed by atoms with Crippen LogP contribution in [0.2, 0.25) is 0 Å². The fourth-order valence-corrected chi connectivity index (χ4v) is 0.503. The number of nitrogens with zero attached hydrogens (tertiary/aromatic N) is 1. The standard InChI is InChI=1S/C5H9NO6/c7-5(8)11-3-1-2-4-12-6(9)10/h1-4H2,(H,7,8). The lowest BCUT2D eigenvalue weighted by atomic mass is 10.3. The van der Waals surface area contributed by atoms with E-state index in [4.69, 9.17) is 5.11 Å². The second-order valence-electron chi connectivity index (χ2n) is 1.88. The molecule has 0 aromatic heterocycles. The molecule has 0 rings (SSSR count). The molecule has 1 N–H and O–H groups in total. The summed E-state index contributed by atoms with van der Waals surface area (Å²) in [6, 6.07) is 0. The third-order valence-corrected chi connectivity index (χ3v) is 0.961.